The third-order valence-electron chi connectivity index (χ3n) is 4.86. The largest absolute Gasteiger partial charge is 0.507 e. The molecule has 1 amide bonds. The summed E-state index contributed by atoms with van der Waals surface area (Å²) >= 11 is 0. The van der Waals surface area contributed by atoms with Gasteiger partial charge in [-0.05, 0) is 55.2 Å². The Morgan fingerprint density at radius 1 is 1.10 bits per heavy atom. The number of benzene rings is 2. The summed E-state index contributed by atoms with van der Waals surface area (Å²) in [5.41, 5.74) is 7.10. The van der Waals surface area contributed by atoms with Crippen molar-refractivity contribution in [1.29, 1.82) is 5.41 Å². The molecule has 0 aromatic heterocycles. The van der Waals surface area contributed by atoms with Crippen LogP contribution in [0.15, 0.2) is 47.4 Å². The monoisotopic (exact) mass is 452 g/mol. The van der Waals surface area contributed by atoms with E-state index < -0.39 is 15.8 Å². The molecule has 1 fully saturated rings. The standard InChI is InChI=1S/C20H24N4O4S.ClH/c21-19(22)16-7-8-17(25)18(13-16)29(27,28)23-10-9-14-3-5-15(6-4-14)20(26)24-11-1-2-12-24;/h3-8,13,23,25H,1-2,9-12H2,(H3,21,22);1H. The Bertz CT molecular complexity index is 1020. The number of rotatable bonds is 7. The fourth-order valence-corrected chi connectivity index (χ4v) is 4.37. The SMILES string of the molecule is Cl.N=C(N)c1ccc(O)c(S(=O)(=O)NCCc2ccc(C(=O)N3CCCC3)cc2)c1. The summed E-state index contributed by atoms with van der Waals surface area (Å²) in [5.74, 6) is -0.673. The molecule has 2 aromatic rings. The molecule has 3 rings (SSSR count). The molecule has 0 atom stereocenters. The normalized spacial score (nSPS) is 13.7. The minimum absolute atomic E-state index is 0. The first-order chi connectivity index (χ1) is 13.8. The smallest absolute Gasteiger partial charge is 0.253 e. The molecule has 0 spiro atoms. The van der Waals surface area contributed by atoms with Crippen LogP contribution in [-0.2, 0) is 16.4 Å². The molecule has 1 heterocycles. The van der Waals surface area contributed by atoms with E-state index in [-0.39, 0.29) is 41.2 Å². The molecule has 1 saturated heterocycles. The first kappa shape index (κ1) is 23.7. The molecule has 0 radical (unpaired) electrons. The van der Waals surface area contributed by atoms with Crippen molar-refractivity contribution in [3.05, 3.63) is 59.2 Å². The highest BCUT2D eigenvalue weighted by molar-refractivity contribution is 7.89. The zero-order valence-corrected chi connectivity index (χ0v) is 17.9. The highest BCUT2D eigenvalue weighted by atomic mass is 35.5. The molecule has 0 unspecified atom stereocenters. The summed E-state index contributed by atoms with van der Waals surface area (Å²) in [6.45, 7) is 1.70. The molecular formula is C20H25ClN4O4S. The lowest BCUT2D eigenvalue weighted by Crippen LogP contribution is -2.27. The lowest BCUT2D eigenvalue weighted by atomic mass is 10.1. The summed E-state index contributed by atoms with van der Waals surface area (Å²) in [5, 5.41) is 17.3. The number of sulfonamides is 1. The van der Waals surface area contributed by atoms with Crippen molar-refractivity contribution in [2.24, 2.45) is 5.73 Å². The van der Waals surface area contributed by atoms with Crippen LogP contribution < -0.4 is 10.5 Å². The number of likely N-dealkylation sites (tertiary alicyclic amines) is 1. The molecule has 0 bridgehead atoms. The van der Waals surface area contributed by atoms with E-state index in [1.807, 2.05) is 17.0 Å². The number of hydrogen-bond acceptors (Lipinski definition) is 5. The minimum Gasteiger partial charge on any atom is -0.507 e. The molecule has 30 heavy (non-hydrogen) atoms. The maximum atomic E-state index is 12.5. The van der Waals surface area contributed by atoms with E-state index in [9.17, 15) is 18.3 Å². The highest BCUT2D eigenvalue weighted by Crippen LogP contribution is 2.23. The summed E-state index contributed by atoms with van der Waals surface area (Å²) in [6.07, 6.45) is 2.49. The van der Waals surface area contributed by atoms with Gasteiger partial charge in [0.1, 0.15) is 16.5 Å². The van der Waals surface area contributed by atoms with Crippen LogP contribution >= 0.6 is 12.4 Å². The highest BCUT2D eigenvalue weighted by Gasteiger charge is 2.20. The first-order valence-corrected chi connectivity index (χ1v) is 10.8. The lowest BCUT2D eigenvalue weighted by molar-refractivity contribution is 0.0793. The fraction of sp³-hybridized carbons (Fsp3) is 0.300. The van der Waals surface area contributed by atoms with Crippen LogP contribution in [0.3, 0.4) is 0 Å². The van der Waals surface area contributed by atoms with Gasteiger partial charge in [-0.2, -0.15) is 0 Å². The van der Waals surface area contributed by atoms with Crippen molar-refractivity contribution >= 4 is 34.2 Å². The van der Waals surface area contributed by atoms with Crippen molar-refractivity contribution in [1.82, 2.24) is 9.62 Å². The van der Waals surface area contributed by atoms with Crippen LogP contribution in [0, 0.1) is 5.41 Å². The molecule has 1 aliphatic heterocycles. The number of amides is 1. The number of nitrogens with one attached hydrogen (secondary N) is 2. The number of halogens is 1. The van der Waals surface area contributed by atoms with Crippen molar-refractivity contribution in [3.8, 4) is 5.75 Å². The second-order valence-corrected chi connectivity index (χ2v) is 8.68. The number of phenolic OH excluding ortho intramolecular Hbond substituents is 1. The Morgan fingerprint density at radius 3 is 2.30 bits per heavy atom. The van der Waals surface area contributed by atoms with Gasteiger partial charge in [-0.15, -0.1) is 12.4 Å². The van der Waals surface area contributed by atoms with Crippen molar-refractivity contribution in [2.75, 3.05) is 19.6 Å². The van der Waals surface area contributed by atoms with Gasteiger partial charge in [-0.3, -0.25) is 10.2 Å². The van der Waals surface area contributed by atoms with E-state index in [1.165, 1.54) is 18.2 Å². The number of nitrogens with zero attached hydrogens (tertiary/aromatic N) is 1. The molecule has 10 heteroatoms. The summed E-state index contributed by atoms with van der Waals surface area (Å²) in [4.78, 5) is 13.9. The lowest BCUT2D eigenvalue weighted by Gasteiger charge is -2.15. The Labute approximate surface area is 182 Å². The summed E-state index contributed by atoms with van der Waals surface area (Å²) in [7, 11) is -3.96. The van der Waals surface area contributed by atoms with Gasteiger partial charge in [0.2, 0.25) is 10.0 Å². The van der Waals surface area contributed by atoms with Crippen LogP contribution in [0.1, 0.15) is 34.3 Å². The number of carbonyl (C=O) groups is 1. The van der Waals surface area contributed by atoms with Crippen LogP contribution in [0.5, 0.6) is 5.75 Å². The summed E-state index contributed by atoms with van der Waals surface area (Å²) in [6, 6.07) is 10.9. The Balaban J connectivity index is 0.00000320. The number of amidine groups is 1. The van der Waals surface area contributed by atoms with Crippen LogP contribution in [0.2, 0.25) is 0 Å². The predicted molar refractivity (Wildman–Crippen MR) is 117 cm³/mol. The van der Waals surface area contributed by atoms with Gasteiger partial charge < -0.3 is 15.7 Å². The van der Waals surface area contributed by atoms with Crippen molar-refractivity contribution in [2.45, 2.75) is 24.2 Å². The topological polar surface area (TPSA) is 137 Å². The molecule has 8 nitrogen and oxygen atoms in total. The molecule has 5 N–H and O–H groups in total. The maximum Gasteiger partial charge on any atom is 0.253 e. The van der Waals surface area contributed by atoms with Gasteiger partial charge in [0.05, 0.1) is 0 Å². The Hall–Kier alpha value is -2.62. The number of nitrogens with two attached hydrogens (primary N) is 1. The fourth-order valence-electron chi connectivity index (χ4n) is 3.22. The third-order valence-corrected chi connectivity index (χ3v) is 6.35. The van der Waals surface area contributed by atoms with E-state index in [0.29, 0.717) is 12.0 Å². The van der Waals surface area contributed by atoms with Gasteiger partial charge in [0.15, 0.2) is 0 Å². The number of carbonyl (C=O) groups excluding carboxylic acids is 1. The second-order valence-electron chi connectivity index (χ2n) is 6.94. The van der Waals surface area contributed by atoms with Gasteiger partial charge in [0.25, 0.3) is 5.91 Å². The zero-order chi connectivity index (χ0) is 21.0. The number of aromatic hydroxyl groups is 1. The van der Waals surface area contributed by atoms with E-state index in [1.54, 1.807) is 12.1 Å². The molecule has 1 aliphatic rings. The Kier molecular flexibility index (Phi) is 7.83. The van der Waals surface area contributed by atoms with E-state index >= 15 is 0 Å². The number of nitrogen functional groups attached to an aromatic ring is 1. The van der Waals surface area contributed by atoms with Gasteiger partial charge in [-0.1, -0.05) is 12.1 Å². The van der Waals surface area contributed by atoms with E-state index in [2.05, 4.69) is 4.72 Å². The van der Waals surface area contributed by atoms with Crippen LogP contribution in [-0.4, -0.2) is 49.8 Å². The van der Waals surface area contributed by atoms with Crippen molar-refractivity contribution < 1.29 is 18.3 Å². The van der Waals surface area contributed by atoms with E-state index in [4.69, 9.17) is 11.1 Å². The molecule has 2 aromatic carbocycles. The average molecular weight is 453 g/mol. The first-order valence-electron chi connectivity index (χ1n) is 9.33. The van der Waals surface area contributed by atoms with Crippen LogP contribution in [0.4, 0.5) is 0 Å². The maximum absolute atomic E-state index is 12.5. The molecule has 162 valence electrons. The van der Waals surface area contributed by atoms with Gasteiger partial charge in [0, 0.05) is 30.8 Å². The third kappa shape index (κ3) is 5.50. The van der Waals surface area contributed by atoms with Crippen molar-refractivity contribution in [3.63, 3.8) is 0 Å². The second kappa shape index (κ2) is 9.92. The number of hydrogen-bond donors (Lipinski definition) is 4. The zero-order valence-electron chi connectivity index (χ0n) is 16.3. The van der Waals surface area contributed by atoms with E-state index in [0.717, 1.165) is 31.5 Å². The van der Waals surface area contributed by atoms with Crippen LogP contribution in [0.25, 0.3) is 0 Å². The Morgan fingerprint density at radius 2 is 1.70 bits per heavy atom. The minimum atomic E-state index is -3.96. The quantitative estimate of drug-likeness (QED) is 0.375. The van der Waals surface area contributed by atoms with Gasteiger partial charge >= 0.3 is 0 Å². The predicted octanol–water partition coefficient (Wildman–Crippen LogP) is 1.86. The average Bonchev–Trinajstić information content (AvgIpc) is 3.22. The number of phenols is 1. The molecule has 0 saturated carbocycles. The molecule has 0 aliphatic carbocycles. The van der Waals surface area contributed by atoms with Gasteiger partial charge in [-0.25, -0.2) is 13.1 Å². The molecular weight excluding hydrogens is 428 g/mol. The summed E-state index contributed by atoms with van der Waals surface area (Å²) < 4.78 is 27.4.